The molecule has 0 saturated heterocycles. The van der Waals surface area contributed by atoms with Crippen molar-refractivity contribution in [2.45, 2.75) is 58.3 Å². The Morgan fingerprint density at radius 1 is 0.944 bits per heavy atom. The van der Waals surface area contributed by atoms with E-state index in [1.807, 2.05) is 12.2 Å². The maximum Gasteiger partial charge on any atom is 0.0499 e. The van der Waals surface area contributed by atoms with Gasteiger partial charge < -0.3 is 4.74 Å². The van der Waals surface area contributed by atoms with Crippen molar-refractivity contribution >= 4 is 0 Å². The molecule has 0 aromatic rings. The lowest BCUT2D eigenvalue weighted by atomic mass is 9.94. The molecule has 0 bridgehead atoms. The first-order valence-corrected chi connectivity index (χ1v) is 7.20. The van der Waals surface area contributed by atoms with Crippen molar-refractivity contribution in [2.75, 3.05) is 13.7 Å². The highest BCUT2D eigenvalue weighted by Gasteiger charge is 2.05. The standard InChI is InChI=1S/C17H30O/c1-5-8-9-10-13-16(11-6-2)17(12-7-3)14-15-18-4/h6-7H,2-3,5,8-15H2,1,4H3/b17-16+. The summed E-state index contributed by atoms with van der Waals surface area (Å²) in [7, 11) is 1.76. The zero-order valence-electron chi connectivity index (χ0n) is 12.3. The molecule has 0 saturated carbocycles. The molecule has 0 aliphatic carbocycles. The van der Waals surface area contributed by atoms with Gasteiger partial charge in [-0.25, -0.2) is 0 Å². The zero-order chi connectivity index (χ0) is 13.6. The van der Waals surface area contributed by atoms with Crippen molar-refractivity contribution in [1.82, 2.24) is 0 Å². The van der Waals surface area contributed by atoms with Crippen LogP contribution in [0.5, 0.6) is 0 Å². The van der Waals surface area contributed by atoms with Crippen molar-refractivity contribution < 1.29 is 4.74 Å². The van der Waals surface area contributed by atoms with E-state index in [9.17, 15) is 0 Å². The van der Waals surface area contributed by atoms with Gasteiger partial charge in [-0.15, -0.1) is 13.2 Å². The summed E-state index contributed by atoms with van der Waals surface area (Å²) in [6, 6.07) is 0. The molecular formula is C17H30O. The molecule has 104 valence electrons. The van der Waals surface area contributed by atoms with E-state index in [0.717, 1.165) is 25.9 Å². The van der Waals surface area contributed by atoms with Crippen molar-refractivity contribution in [3.63, 3.8) is 0 Å². The van der Waals surface area contributed by atoms with Crippen LogP contribution in [0, 0.1) is 0 Å². The molecule has 0 aliphatic heterocycles. The summed E-state index contributed by atoms with van der Waals surface area (Å²) in [5.41, 5.74) is 3.06. The Hall–Kier alpha value is -0.820. The second-order valence-corrected chi connectivity index (χ2v) is 4.75. The SMILES string of the molecule is C=CC/C(CCCCCC)=C(/CC=C)CCOC. The number of rotatable bonds is 12. The number of ether oxygens (including phenoxy) is 1. The fourth-order valence-corrected chi connectivity index (χ4v) is 2.19. The van der Waals surface area contributed by atoms with Crippen LogP contribution >= 0.6 is 0 Å². The summed E-state index contributed by atoms with van der Waals surface area (Å²) < 4.78 is 5.20. The third-order valence-corrected chi connectivity index (χ3v) is 3.22. The highest BCUT2D eigenvalue weighted by molar-refractivity contribution is 5.19. The second-order valence-electron chi connectivity index (χ2n) is 4.75. The molecule has 0 amide bonds. The van der Waals surface area contributed by atoms with Crippen LogP contribution < -0.4 is 0 Å². The summed E-state index contributed by atoms with van der Waals surface area (Å²) in [5.74, 6) is 0. The second kappa shape index (κ2) is 12.6. The minimum atomic E-state index is 0.804. The quantitative estimate of drug-likeness (QED) is 0.331. The van der Waals surface area contributed by atoms with E-state index in [2.05, 4.69) is 20.1 Å². The van der Waals surface area contributed by atoms with Gasteiger partial charge in [-0.2, -0.15) is 0 Å². The monoisotopic (exact) mass is 250 g/mol. The Bertz CT molecular complexity index is 250. The fraction of sp³-hybridized carbons (Fsp3) is 0.647. The highest BCUT2D eigenvalue weighted by Crippen LogP contribution is 2.23. The number of hydrogen-bond acceptors (Lipinski definition) is 1. The van der Waals surface area contributed by atoms with Gasteiger partial charge in [0.2, 0.25) is 0 Å². The summed E-state index contributed by atoms with van der Waals surface area (Å²) in [6.45, 7) is 10.8. The Morgan fingerprint density at radius 3 is 2.06 bits per heavy atom. The lowest BCUT2D eigenvalue weighted by Crippen LogP contribution is -1.97. The van der Waals surface area contributed by atoms with Crippen LogP contribution in [0.4, 0.5) is 0 Å². The third kappa shape index (κ3) is 8.30. The molecule has 1 nitrogen and oxygen atoms in total. The van der Waals surface area contributed by atoms with Crippen LogP contribution in [0.15, 0.2) is 36.5 Å². The molecule has 0 aromatic carbocycles. The predicted molar refractivity (Wildman–Crippen MR) is 81.9 cm³/mol. The van der Waals surface area contributed by atoms with Crippen LogP contribution in [0.2, 0.25) is 0 Å². The van der Waals surface area contributed by atoms with Gasteiger partial charge in [0, 0.05) is 13.7 Å². The van der Waals surface area contributed by atoms with E-state index in [0.29, 0.717) is 0 Å². The van der Waals surface area contributed by atoms with E-state index in [4.69, 9.17) is 4.74 Å². The van der Waals surface area contributed by atoms with E-state index in [-0.39, 0.29) is 0 Å². The first-order valence-electron chi connectivity index (χ1n) is 7.20. The number of allylic oxidation sites excluding steroid dienone is 3. The van der Waals surface area contributed by atoms with Gasteiger partial charge in [0.15, 0.2) is 0 Å². The van der Waals surface area contributed by atoms with E-state index in [1.165, 1.54) is 37.7 Å². The Balaban J connectivity index is 4.49. The maximum absolute atomic E-state index is 5.20. The van der Waals surface area contributed by atoms with Crippen molar-refractivity contribution in [3.05, 3.63) is 36.5 Å². The molecule has 0 heterocycles. The van der Waals surface area contributed by atoms with E-state index < -0.39 is 0 Å². The molecule has 0 unspecified atom stereocenters. The number of methoxy groups -OCH3 is 1. The van der Waals surface area contributed by atoms with Gasteiger partial charge in [-0.3, -0.25) is 0 Å². The molecule has 0 N–H and O–H groups in total. The van der Waals surface area contributed by atoms with Crippen molar-refractivity contribution in [3.8, 4) is 0 Å². The lowest BCUT2D eigenvalue weighted by molar-refractivity contribution is 0.201. The summed E-state index contributed by atoms with van der Waals surface area (Å²) in [6.07, 6.45) is 13.5. The number of hydrogen-bond donors (Lipinski definition) is 0. The lowest BCUT2D eigenvalue weighted by Gasteiger charge is -2.13. The molecular weight excluding hydrogens is 220 g/mol. The Morgan fingerprint density at radius 2 is 1.56 bits per heavy atom. The normalized spacial score (nSPS) is 12.1. The molecule has 0 aromatic heterocycles. The average molecular weight is 250 g/mol. The molecule has 1 heteroatoms. The molecule has 18 heavy (non-hydrogen) atoms. The van der Waals surface area contributed by atoms with E-state index >= 15 is 0 Å². The average Bonchev–Trinajstić information content (AvgIpc) is 2.38. The smallest absolute Gasteiger partial charge is 0.0499 e. The topological polar surface area (TPSA) is 9.23 Å². The number of unbranched alkanes of at least 4 members (excludes halogenated alkanes) is 3. The summed E-state index contributed by atoms with van der Waals surface area (Å²) in [5, 5.41) is 0. The largest absolute Gasteiger partial charge is 0.384 e. The molecule has 0 spiro atoms. The van der Waals surface area contributed by atoms with Gasteiger partial charge in [0.25, 0.3) is 0 Å². The van der Waals surface area contributed by atoms with Crippen LogP contribution in [-0.2, 0) is 4.74 Å². The van der Waals surface area contributed by atoms with Gasteiger partial charge in [-0.05, 0) is 32.1 Å². The maximum atomic E-state index is 5.20. The zero-order valence-corrected chi connectivity index (χ0v) is 12.3. The first kappa shape index (κ1) is 17.2. The van der Waals surface area contributed by atoms with E-state index in [1.54, 1.807) is 12.7 Å². The molecule has 0 radical (unpaired) electrons. The van der Waals surface area contributed by atoms with Gasteiger partial charge >= 0.3 is 0 Å². The summed E-state index contributed by atoms with van der Waals surface area (Å²) in [4.78, 5) is 0. The van der Waals surface area contributed by atoms with Gasteiger partial charge in [0.05, 0.1) is 0 Å². The van der Waals surface area contributed by atoms with Gasteiger partial charge in [-0.1, -0.05) is 49.5 Å². The van der Waals surface area contributed by atoms with Crippen LogP contribution in [0.25, 0.3) is 0 Å². The third-order valence-electron chi connectivity index (χ3n) is 3.22. The van der Waals surface area contributed by atoms with Crippen molar-refractivity contribution in [1.29, 1.82) is 0 Å². The van der Waals surface area contributed by atoms with Crippen LogP contribution in [0.1, 0.15) is 58.3 Å². The van der Waals surface area contributed by atoms with Crippen LogP contribution in [0.3, 0.4) is 0 Å². The first-order chi connectivity index (χ1) is 8.79. The van der Waals surface area contributed by atoms with Crippen LogP contribution in [-0.4, -0.2) is 13.7 Å². The molecule has 0 aliphatic rings. The highest BCUT2D eigenvalue weighted by atomic mass is 16.5. The predicted octanol–water partition coefficient (Wildman–Crippen LogP) is 5.44. The fourth-order valence-electron chi connectivity index (χ4n) is 2.19. The Kier molecular flexibility index (Phi) is 12.1. The Labute approximate surface area is 114 Å². The minimum absolute atomic E-state index is 0.804. The van der Waals surface area contributed by atoms with Crippen molar-refractivity contribution in [2.24, 2.45) is 0 Å². The molecule has 0 atom stereocenters. The molecule has 0 fully saturated rings. The molecule has 0 rings (SSSR count). The summed E-state index contributed by atoms with van der Waals surface area (Å²) >= 11 is 0. The minimum Gasteiger partial charge on any atom is -0.384 e. The van der Waals surface area contributed by atoms with Gasteiger partial charge in [0.1, 0.15) is 0 Å².